The van der Waals surface area contributed by atoms with Crippen LogP contribution in [0.4, 0.5) is 0 Å². The summed E-state index contributed by atoms with van der Waals surface area (Å²) in [4.78, 5) is 22.3. The van der Waals surface area contributed by atoms with Crippen molar-refractivity contribution in [3.63, 3.8) is 0 Å². The van der Waals surface area contributed by atoms with E-state index in [1.54, 1.807) is 0 Å². The molecule has 184 valence electrons. The first-order valence-corrected chi connectivity index (χ1v) is 13.6. The number of benzene rings is 2. The van der Waals surface area contributed by atoms with Crippen LogP contribution in [0.2, 0.25) is 0 Å². The van der Waals surface area contributed by atoms with Gasteiger partial charge >= 0.3 is 0 Å². The molecule has 2 saturated carbocycles. The van der Waals surface area contributed by atoms with Crippen LogP contribution in [0.3, 0.4) is 0 Å². The summed E-state index contributed by atoms with van der Waals surface area (Å²) in [6.07, 6.45) is 15.0. The molecule has 2 heteroatoms. The number of hydrogen-bond acceptors (Lipinski definition) is 2. The monoisotopic (exact) mass is 460 g/mol. The summed E-state index contributed by atoms with van der Waals surface area (Å²) >= 11 is 0. The van der Waals surface area contributed by atoms with Gasteiger partial charge in [-0.2, -0.15) is 0 Å². The van der Waals surface area contributed by atoms with Gasteiger partial charge < -0.3 is 0 Å². The Balaban J connectivity index is 0.000000191. The predicted octanol–water partition coefficient (Wildman–Crippen LogP) is 8.98. The van der Waals surface area contributed by atoms with Gasteiger partial charge in [0, 0.05) is 11.1 Å². The van der Waals surface area contributed by atoms with Crippen LogP contribution < -0.4 is 0 Å². The lowest BCUT2D eigenvalue weighted by molar-refractivity contribution is 0.111. The highest BCUT2D eigenvalue weighted by Gasteiger charge is 2.25. The highest BCUT2D eigenvalue weighted by atomic mass is 16.1. The Morgan fingerprint density at radius 1 is 0.676 bits per heavy atom. The van der Waals surface area contributed by atoms with Crippen LogP contribution in [0, 0.1) is 25.7 Å². The van der Waals surface area contributed by atoms with Crippen LogP contribution in [-0.4, -0.2) is 12.6 Å². The van der Waals surface area contributed by atoms with Crippen molar-refractivity contribution in [3.05, 3.63) is 69.8 Å². The Bertz CT molecular complexity index is 936. The van der Waals surface area contributed by atoms with Crippen LogP contribution in [0.1, 0.15) is 133 Å². The van der Waals surface area contributed by atoms with Gasteiger partial charge in [0.15, 0.2) is 0 Å². The Labute approximate surface area is 207 Å². The van der Waals surface area contributed by atoms with Crippen LogP contribution in [0.25, 0.3) is 0 Å². The van der Waals surface area contributed by atoms with Gasteiger partial charge in [0.1, 0.15) is 12.6 Å². The van der Waals surface area contributed by atoms with Crippen molar-refractivity contribution in [1.29, 1.82) is 0 Å². The number of aryl methyl sites for hydroxylation is 2. The van der Waals surface area contributed by atoms with Gasteiger partial charge in [-0.05, 0) is 98.3 Å². The topological polar surface area (TPSA) is 34.1 Å². The molecular weight excluding hydrogens is 416 g/mol. The average molecular weight is 461 g/mol. The molecule has 0 aromatic heterocycles. The molecule has 2 aromatic carbocycles. The third-order valence-corrected chi connectivity index (χ3v) is 8.57. The van der Waals surface area contributed by atoms with Crippen LogP contribution in [0.5, 0.6) is 0 Å². The Morgan fingerprint density at radius 2 is 1.21 bits per heavy atom. The van der Waals surface area contributed by atoms with E-state index in [-0.39, 0.29) is 0 Å². The van der Waals surface area contributed by atoms with E-state index in [1.807, 2.05) is 24.3 Å². The molecule has 2 unspecified atom stereocenters. The minimum atomic E-state index is 0.607. The highest BCUT2D eigenvalue weighted by molar-refractivity contribution is 5.79. The molecule has 0 heterocycles. The summed E-state index contributed by atoms with van der Waals surface area (Å²) in [5.74, 6) is 2.98. The quantitative estimate of drug-likeness (QED) is 0.403. The first-order chi connectivity index (χ1) is 16.5. The fraction of sp³-hybridized carbons (Fsp3) is 0.562. The number of hydrogen-bond donors (Lipinski definition) is 0. The van der Waals surface area contributed by atoms with Crippen molar-refractivity contribution >= 4 is 12.6 Å². The fourth-order valence-corrected chi connectivity index (χ4v) is 6.51. The van der Waals surface area contributed by atoms with Gasteiger partial charge in [0.25, 0.3) is 0 Å². The van der Waals surface area contributed by atoms with Gasteiger partial charge in [-0.15, -0.1) is 0 Å². The minimum absolute atomic E-state index is 0.607. The van der Waals surface area contributed by atoms with E-state index in [0.29, 0.717) is 11.8 Å². The SMILES string of the molecule is CCC1CCC(c2c(C)cccc2C=O)CC1.CCC1CCCC(c2c(C)cccc2C=O)C1. The number of aldehydes is 2. The summed E-state index contributed by atoms with van der Waals surface area (Å²) in [6.45, 7) is 8.84. The number of carbonyl (C=O) groups excluding carboxylic acids is 2. The van der Waals surface area contributed by atoms with Gasteiger partial charge in [-0.3, -0.25) is 9.59 Å². The fourth-order valence-electron chi connectivity index (χ4n) is 6.51. The summed E-state index contributed by atoms with van der Waals surface area (Å²) in [5.41, 5.74) is 7.03. The van der Waals surface area contributed by atoms with Gasteiger partial charge in [0.2, 0.25) is 0 Å². The summed E-state index contributed by atoms with van der Waals surface area (Å²) in [6, 6.07) is 12.2. The van der Waals surface area contributed by atoms with Crippen molar-refractivity contribution in [2.75, 3.05) is 0 Å². The van der Waals surface area contributed by atoms with E-state index in [0.717, 1.165) is 35.5 Å². The summed E-state index contributed by atoms with van der Waals surface area (Å²) in [7, 11) is 0. The molecule has 34 heavy (non-hydrogen) atoms. The summed E-state index contributed by atoms with van der Waals surface area (Å²) < 4.78 is 0. The van der Waals surface area contributed by atoms with E-state index in [9.17, 15) is 9.59 Å². The molecule has 2 aromatic rings. The molecule has 2 fully saturated rings. The van der Waals surface area contributed by atoms with Crippen LogP contribution >= 0.6 is 0 Å². The standard InChI is InChI=1S/2C16H22O/c1-3-13-7-5-8-14(10-13)16-12(2)6-4-9-15(16)11-17;1-3-13-7-9-14(10-8-13)16-12(2)5-4-6-15(16)11-17/h4,6,9,11,13-14H,3,5,7-8,10H2,1-2H3;4-6,11,13-14H,3,7-10H2,1-2H3. The maximum absolute atomic E-state index is 11.2. The first kappa shape index (κ1) is 26.4. The molecule has 0 aliphatic heterocycles. The highest BCUT2D eigenvalue weighted by Crippen LogP contribution is 2.40. The molecule has 0 bridgehead atoms. The number of carbonyl (C=O) groups is 2. The second kappa shape index (κ2) is 13.0. The lowest BCUT2D eigenvalue weighted by Crippen LogP contribution is -2.15. The molecule has 0 spiro atoms. The third kappa shape index (κ3) is 6.46. The van der Waals surface area contributed by atoms with Crippen molar-refractivity contribution < 1.29 is 9.59 Å². The zero-order valence-electron chi connectivity index (χ0n) is 21.8. The van der Waals surface area contributed by atoms with Crippen molar-refractivity contribution in [1.82, 2.24) is 0 Å². The Morgan fingerprint density at radius 3 is 1.71 bits per heavy atom. The molecule has 2 aliphatic rings. The molecule has 0 radical (unpaired) electrons. The molecule has 0 amide bonds. The second-order valence-corrected chi connectivity index (χ2v) is 10.7. The van der Waals surface area contributed by atoms with Gasteiger partial charge in [0.05, 0.1) is 0 Å². The van der Waals surface area contributed by atoms with Gasteiger partial charge in [-0.25, -0.2) is 0 Å². The number of rotatable bonds is 6. The van der Waals surface area contributed by atoms with E-state index >= 15 is 0 Å². The zero-order valence-corrected chi connectivity index (χ0v) is 21.8. The van der Waals surface area contributed by atoms with Crippen molar-refractivity contribution in [2.45, 2.75) is 104 Å². The molecule has 2 atom stereocenters. The smallest absolute Gasteiger partial charge is 0.150 e. The van der Waals surface area contributed by atoms with Crippen LogP contribution in [-0.2, 0) is 0 Å². The average Bonchev–Trinajstić information content (AvgIpc) is 2.88. The Hall–Kier alpha value is -2.22. The lowest BCUT2D eigenvalue weighted by Gasteiger charge is -2.30. The first-order valence-electron chi connectivity index (χ1n) is 13.6. The predicted molar refractivity (Wildman–Crippen MR) is 143 cm³/mol. The molecular formula is C32H44O2. The summed E-state index contributed by atoms with van der Waals surface area (Å²) in [5, 5.41) is 0. The zero-order chi connectivity index (χ0) is 24.5. The Kier molecular flexibility index (Phi) is 10.1. The molecule has 0 saturated heterocycles. The third-order valence-electron chi connectivity index (χ3n) is 8.57. The largest absolute Gasteiger partial charge is 0.298 e. The van der Waals surface area contributed by atoms with E-state index in [2.05, 4.69) is 39.8 Å². The van der Waals surface area contributed by atoms with E-state index in [4.69, 9.17) is 0 Å². The normalized spacial score (nSPS) is 24.6. The maximum Gasteiger partial charge on any atom is 0.150 e. The molecule has 0 N–H and O–H groups in total. The van der Waals surface area contributed by atoms with Crippen LogP contribution in [0.15, 0.2) is 36.4 Å². The van der Waals surface area contributed by atoms with E-state index in [1.165, 1.54) is 86.5 Å². The lowest BCUT2D eigenvalue weighted by atomic mass is 9.75. The minimum Gasteiger partial charge on any atom is -0.298 e. The second-order valence-electron chi connectivity index (χ2n) is 10.7. The molecule has 2 nitrogen and oxygen atoms in total. The van der Waals surface area contributed by atoms with Crippen molar-refractivity contribution in [2.24, 2.45) is 11.8 Å². The maximum atomic E-state index is 11.2. The molecule has 4 rings (SSSR count). The van der Waals surface area contributed by atoms with Gasteiger partial charge in [-0.1, -0.05) is 75.9 Å². The molecule has 2 aliphatic carbocycles. The van der Waals surface area contributed by atoms with Crippen molar-refractivity contribution in [3.8, 4) is 0 Å². The van der Waals surface area contributed by atoms with E-state index < -0.39 is 0 Å².